The minimum absolute atomic E-state index is 0.128. The Hall–Kier alpha value is -3.02. The van der Waals surface area contributed by atoms with E-state index >= 15 is 0 Å². The average Bonchev–Trinajstić information content (AvgIpc) is 2.82. The summed E-state index contributed by atoms with van der Waals surface area (Å²) in [6.45, 7) is 5.93. The van der Waals surface area contributed by atoms with E-state index in [1.807, 2.05) is 75.4 Å². The second-order valence-electron chi connectivity index (χ2n) is 9.73. The highest BCUT2D eigenvalue weighted by molar-refractivity contribution is 6.35. The molecule has 1 atom stereocenters. The number of hydrogen-bond acceptors (Lipinski definition) is 3. The number of ether oxygens (including phenoxy) is 1. The Labute approximate surface area is 223 Å². The van der Waals surface area contributed by atoms with Crippen LogP contribution in [-0.4, -0.2) is 35.4 Å². The molecule has 5 nitrogen and oxygen atoms in total. The zero-order valence-electron chi connectivity index (χ0n) is 21.1. The molecule has 0 fully saturated rings. The van der Waals surface area contributed by atoms with Gasteiger partial charge >= 0.3 is 0 Å². The zero-order chi connectivity index (χ0) is 26.3. The first kappa shape index (κ1) is 27.6. The maximum Gasteiger partial charge on any atom is 0.243 e. The number of benzene rings is 3. The van der Waals surface area contributed by atoms with Gasteiger partial charge < -0.3 is 15.0 Å². The summed E-state index contributed by atoms with van der Waals surface area (Å²) in [6, 6.07) is 21.4. The molecule has 190 valence electrons. The van der Waals surface area contributed by atoms with Gasteiger partial charge in [0.05, 0.1) is 13.5 Å². The SMILES string of the molecule is COc1ccc(CC(=O)N(Cc2ccc(Cl)cc2Cl)[C@H](Cc2ccccc2)C(=O)NC(C)(C)C)cc1. The average molecular weight is 527 g/mol. The molecule has 0 aliphatic heterocycles. The van der Waals surface area contributed by atoms with Gasteiger partial charge in [0.2, 0.25) is 11.8 Å². The van der Waals surface area contributed by atoms with Crippen molar-refractivity contribution < 1.29 is 14.3 Å². The van der Waals surface area contributed by atoms with Crippen LogP contribution in [0.2, 0.25) is 10.0 Å². The summed E-state index contributed by atoms with van der Waals surface area (Å²) in [4.78, 5) is 29.0. The fourth-order valence-corrected chi connectivity index (χ4v) is 4.33. The monoisotopic (exact) mass is 526 g/mol. The Kier molecular flexibility index (Phi) is 9.41. The summed E-state index contributed by atoms with van der Waals surface area (Å²) in [7, 11) is 1.60. The molecular formula is C29H32Cl2N2O3. The number of nitrogens with zero attached hydrogens (tertiary/aromatic N) is 1. The van der Waals surface area contributed by atoms with Crippen molar-refractivity contribution in [2.75, 3.05) is 7.11 Å². The first-order valence-corrected chi connectivity index (χ1v) is 12.5. The molecule has 2 amide bonds. The number of hydrogen-bond donors (Lipinski definition) is 1. The van der Waals surface area contributed by atoms with Gasteiger partial charge in [-0.25, -0.2) is 0 Å². The molecule has 0 aliphatic carbocycles. The van der Waals surface area contributed by atoms with Gasteiger partial charge in [0, 0.05) is 28.5 Å². The van der Waals surface area contributed by atoms with Crippen LogP contribution in [0.5, 0.6) is 5.75 Å². The van der Waals surface area contributed by atoms with Gasteiger partial charge in [-0.1, -0.05) is 71.7 Å². The zero-order valence-corrected chi connectivity index (χ0v) is 22.6. The molecule has 0 aromatic heterocycles. The molecule has 0 spiro atoms. The Bertz CT molecular complexity index is 1180. The Morgan fingerprint density at radius 3 is 2.19 bits per heavy atom. The van der Waals surface area contributed by atoms with E-state index in [1.165, 1.54) is 0 Å². The Morgan fingerprint density at radius 1 is 0.944 bits per heavy atom. The predicted molar refractivity (Wildman–Crippen MR) is 146 cm³/mol. The third-order valence-corrected chi connectivity index (χ3v) is 6.23. The van der Waals surface area contributed by atoms with E-state index in [0.29, 0.717) is 27.8 Å². The third-order valence-electron chi connectivity index (χ3n) is 5.64. The van der Waals surface area contributed by atoms with Gasteiger partial charge in [-0.15, -0.1) is 0 Å². The molecule has 36 heavy (non-hydrogen) atoms. The van der Waals surface area contributed by atoms with Crippen molar-refractivity contribution in [3.63, 3.8) is 0 Å². The lowest BCUT2D eigenvalue weighted by molar-refractivity contribution is -0.141. The van der Waals surface area contributed by atoms with Crippen LogP contribution in [0, 0.1) is 0 Å². The summed E-state index contributed by atoms with van der Waals surface area (Å²) >= 11 is 12.6. The predicted octanol–water partition coefficient (Wildman–Crippen LogP) is 6.10. The molecule has 1 N–H and O–H groups in total. The van der Waals surface area contributed by atoms with E-state index in [1.54, 1.807) is 30.2 Å². The molecular weight excluding hydrogens is 495 g/mol. The summed E-state index contributed by atoms with van der Waals surface area (Å²) in [6.07, 6.45) is 0.492. The molecule has 0 radical (unpaired) electrons. The lowest BCUT2D eigenvalue weighted by Crippen LogP contribution is -2.54. The number of methoxy groups -OCH3 is 1. The van der Waals surface area contributed by atoms with Crippen LogP contribution in [-0.2, 0) is 29.0 Å². The molecule has 7 heteroatoms. The second kappa shape index (κ2) is 12.3. The summed E-state index contributed by atoms with van der Waals surface area (Å²) in [5.74, 6) is 0.304. The van der Waals surface area contributed by atoms with E-state index in [9.17, 15) is 9.59 Å². The van der Waals surface area contributed by atoms with Crippen LogP contribution in [0.4, 0.5) is 0 Å². The smallest absolute Gasteiger partial charge is 0.243 e. The fourth-order valence-electron chi connectivity index (χ4n) is 3.86. The minimum atomic E-state index is -0.746. The third kappa shape index (κ3) is 8.00. The van der Waals surface area contributed by atoms with E-state index in [4.69, 9.17) is 27.9 Å². The topological polar surface area (TPSA) is 58.6 Å². The molecule has 3 rings (SSSR count). The fraction of sp³-hybridized carbons (Fsp3) is 0.310. The van der Waals surface area contributed by atoms with Crippen molar-refractivity contribution in [3.05, 3.63) is 99.5 Å². The number of nitrogens with one attached hydrogen (secondary N) is 1. The van der Waals surface area contributed by atoms with Crippen LogP contribution in [0.1, 0.15) is 37.5 Å². The Morgan fingerprint density at radius 2 is 1.61 bits per heavy atom. The molecule has 0 heterocycles. The van der Waals surface area contributed by atoms with Crippen molar-refractivity contribution in [1.82, 2.24) is 10.2 Å². The Balaban J connectivity index is 2.00. The van der Waals surface area contributed by atoms with Gasteiger partial charge in [-0.05, 0) is 61.7 Å². The van der Waals surface area contributed by atoms with Gasteiger partial charge in [-0.3, -0.25) is 9.59 Å². The molecule has 0 saturated carbocycles. The van der Waals surface area contributed by atoms with Crippen LogP contribution in [0.25, 0.3) is 0 Å². The maximum absolute atomic E-state index is 13.8. The first-order valence-electron chi connectivity index (χ1n) is 11.8. The van der Waals surface area contributed by atoms with Gasteiger partial charge in [-0.2, -0.15) is 0 Å². The van der Waals surface area contributed by atoms with Crippen LogP contribution in [0.15, 0.2) is 72.8 Å². The van der Waals surface area contributed by atoms with Gasteiger partial charge in [0.1, 0.15) is 11.8 Å². The van der Waals surface area contributed by atoms with Gasteiger partial charge in [0.25, 0.3) is 0 Å². The van der Waals surface area contributed by atoms with Crippen LogP contribution < -0.4 is 10.1 Å². The van der Waals surface area contributed by atoms with Crippen molar-refractivity contribution in [2.45, 2.75) is 51.7 Å². The van der Waals surface area contributed by atoms with Crippen molar-refractivity contribution in [1.29, 1.82) is 0 Å². The summed E-state index contributed by atoms with van der Waals surface area (Å²) < 4.78 is 5.23. The van der Waals surface area contributed by atoms with E-state index in [0.717, 1.165) is 11.1 Å². The minimum Gasteiger partial charge on any atom is -0.497 e. The quantitative estimate of drug-likeness (QED) is 0.366. The van der Waals surface area contributed by atoms with E-state index in [-0.39, 0.29) is 24.8 Å². The highest BCUT2D eigenvalue weighted by Crippen LogP contribution is 2.25. The molecule has 0 unspecified atom stereocenters. The number of halogens is 2. The van der Waals surface area contributed by atoms with E-state index in [2.05, 4.69) is 5.32 Å². The summed E-state index contributed by atoms with van der Waals surface area (Å²) in [5, 5.41) is 4.01. The standard InChI is InChI=1S/C29H32Cl2N2O3/c1-29(2,3)32-28(35)26(16-20-8-6-5-7-9-20)33(19-22-12-13-23(30)18-25(22)31)27(34)17-21-10-14-24(36-4)15-11-21/h5-15,18,26H,16-17,19H2,1-4H3,(H,32,35)/t26-/m1/s1. The lowest BCUT2D eigenvalue weighted by Gasteiger charge is -2.34. The first-order chi connectivity index (χ1) is 17.1. The second-order valence-corrected chi connectivity index (χ2v) is 10.6. The molecule has 3 aromatic rings. The molecule has 0 bridgehead atoms. The highest BCUT2D eigenvalue weighted by Gasteiger charge is 2.32. The van der Waals surface area contributed by atoms with Crippen molar-refractivity contribution >= 4 is 35.0 Å². The maximum atomic E-state index is 13.8. The highest BCUT2D eigenvalue weighted by atomic mass is 35.5. The van der Waals surface area contributed by atoms with Crippen LogP contribution >= 0.6 is 23.2 Å². The molecule has 3 aromatic carbocycles. The largest absolute Gasteiger partial charge is 0.497 e. The normalized spacial score (nSPS) is 12.1. The van der Waals surface area contributed by atoms with E-state index < -0.39 is 11.6 Å². The number of rotatable bonds is 9. The van der Waals surface area contributed by atoms with Crippen molar-refractivity contribution in [3.8, 4) is 5.75 Å². The van der Waals surface area contributed by atoms with Gasteiger partial charge in [0.15, 0.2) is 0 Å². The van der Waals surface area contributed by atoms with Crippen molar-refractivity contribution in [2.24, 2.45) is 0 Å². The number of amides is 2. The number of carbonyl (C=O) groups is 2. The number of carbonyl (C=O) groups excluding carboxylic acids is 2. The molecule has 0 saturated heterocycles. The lowest BCUT2D eigenvalue weighted by atomic mass is 9.99. The molecule has 0 aliphatic rings. The summed E-state index contributed by atoms with van der Waals surface area (Å²) in [5.41, 5.74) is 2.03. The van der Waals surface area contributed by atoms with Crippen LogP contribution in [0.3, 0.4) is 0 Å².